The number of morpholine rings is 1. The molecule has 1 aliphatic rings. The van der Waals surface area contributed by atoms with Crippen LogP contribution < -0.4 is 15.6 Å². The van der Waals surface area contributed by atoms with E-state index in [-0.39, 0.29) is 39.0 Å². The molecule has 0 spiro atoms. The lowest BCUT2D eigenvalue weighted by atomic mass is 10.2. The number of hydrogen-bond acceptors (Lipinski definition) is 10. The van der Waals surface area contributed by atoms with E-state index in [2.05, 4.69) is 30.8 Å². The molecule has 0 radical (unpaired) electrons. The summed E-state index contributed by atoms with van der Waals surface area (Å²) in [6, 6.07) is 8.20. The first-order chi connectivity index (χ1) is 16.4. The maximum absolute atomic E-state index is 13.2. The minimum absolute atomic E-state index is 0.0794. The zero-order valence-corrected chi connectivity index (χ0v) is 18.9. The molecule has 0 atom stereocenters. The molecular weight excluding hydrogens is 490 g/mol. The Hall–Kier alpha value is -3.61. The molecule has 2 N–H and O–H groups in total. The van der Waals surface area contributed by atoms with Crippen molar-refractivity contribution in [2.24, 2.45) is 5.10 Å². The van der Waals surface area contributed by atoms with Gasteiger partial charge in [0, 0.05) is 30.4 Å². The summed E-state index contributed by atoms with van der Waals surface area (Å²) in [4.78, 5) is 25.5. The Balaban J connectivity index is 1.59. The van der Waals surface area contributed by atoms with Gasteiger partial charge in [0.2, 0.25) is 17.8 Å². The summed E-state index contributed by atoms with van der Waals surface area (Å²) in [6.45, 7) is 2.24. The summed E-state index contributed by atoms with van der Waals surface area (Å²) in [5.74, 6) is 0.340. The van der Waals surface area contributed by atoms with E-state index >= 15 is 0 Å². The Morgan fingerprint density at radius 3 is 2.50 bits per heavy atom. The maximum Gasteiger partial charge on any atom is 0.288 e. The van der Waals surface area contributed by atoms with E-state index in [1.165, 1.54) is 30.5 Å². The number of benzene rings is 2. The van der Waals surface area contributed by atoms with E-state index in [1.54, 1.807) is 12.1 Å². The van der Waals surface area contributed by atoms with Crippen molar-refractivity contribution >= 4 is 58.6 Å². The van der Waals surface area contributed by atoms with Crippen LogP contribution in [0, 0.1) is 15.9 Å². The highest BCUT2D eigenvalue weighted by atomic mass is 35.5. The van der Waals surface area contributed by atoms with Crippen molar-refractivity contribution in [2.45, 2.75) is 0 Å². The number of hydrazone groups is 1. The quantitative estimate of drug-likeness (QED) is 0.274. The van der Waals surface area contributed by atoms with Crippen LogP contribution in [-0.4, -0.2) is 52.4 Å². The molecule has 1 fully saturated rings. The second kappa shape index (κ2) is 10.5. The highest BCUT2D eigenvalue weighted by Gasteiger charge is 2.17. The second-order valence-corrected chi connectivity index (χ2v) is 7.78. The molecule has 0 saturated carbocycles. The molecule has 3 aromatic rings. The molecule has 0 aliphatic carbocycles. The smallest absolute Gasteiger partial charge is 0.288 e. The third-order valence-electron chi connectivity index (χ3n) is 4.65. The molecule has 1 aliphatic heterocycles. The first-order valence-corrected chi connectivity index (χ1v) is 10.7. The summed E-state index contributed by atoms with van der Waals surface area (Å²) >= 11 is 12.0. The highest BCUT2D eigenvalue weighted by Crippen LogP contribution is 2.30. The Morgan fingerprint density at radius 1 is 1.09 bits per heavy atom. The van der Waals surface area contributed by atoms with Gasteiger partial charge in [-0.25, -0.2) is 9.82 Å². The lowest BCUT2D eigenvalue weighted by Crippen LogP contribution is -2.37. The molecule has 176 valence electrons. The summed E-state index contributed by atoms with van der Waals surface area (Å²) in [6.07, 6.45) is 1.29. The molecule has 0 unspecified atom stereocenters. The number of nitrogens with one attached hydrogen (secondary N) is 2. The van der Waals surface area contributed by atoms with Gasteiger partial charge in [0.05, 0.1) is 29.4 Å². The Bertz CT molecular complexity index is 1220. The monoisotopic (exact) mass is 506 g/mol. The largest absolute Gasteiger partial charge is 0.378 e. The average molecular weight is 507 g/mol. The molecule has 4 rings (SSSR count). The second-order valence-electron chi connectivity index (χ2n) is 6.97. The third-order valence-corrected chi connectivity index (χ3v) is 5.28. The van der Waals surface area contributed by atoms with Crippen molar-refractivity contribution in [3.8, 4) is 0 Å². The van der Waals surface area contributed by atoms with Gasteiger partial charge in [-0.1, -0.05) is 23.2 Å². The minimum atomic E-state index is -0.614. The van der Waals surface area contributed by atoms with E-state index in [0.717, 1.165) is 0 Å². The summed E-state index contributed by atoms with van der Waals surface area (Å²) in [7, 11) is 0. The zero-order valence-electron chi connectivity index (χ0n) is 17.4. The van der Waals surface area contributed by atoms with Crippen molar-refractivity contribution < 1.29 is 14.1 Å². The van der Waals surface area contributed by atoms with Crippen molar-refractivity contribution in [3.63, 3.8) is 0 Å². The van der Waals surface area contributed by atoms with Gasteiger partial charge in [-0.2, -0.15) is 20.1 Å². The van der Waals surface area contributed by atoms with Crippen molar-refractivity contribution in [2.75, 3.05) is 41.9 Å². The number of aromatic nitrogens is 3. The first-order valence-electron chi connectivity index (χ1n) is 9.93. The molecule has 14 heteroatoms. The van der Waals surface area contributed by atoms with Gasteiger partial charge in [-0.05, 0) is 30.3 Å². The van der Waals surface area contributed by atoms with Crippen molar-refractivity contribution in [1.82, 2.24) is 15.0 Å². The fourth-order valence-corrected chi connectivity index (χ4v) is 3.49. The van der Waals surface area contributed by atoms with Crippen LogP contribution in [0.15, 0.2) is 41.5 Å². The lowest BCUT2D eigenvalue weighted by molar-refractivity contribution is -0.384. The third kappa shape index (κ3) is 5.84. The number of hydrogen-bond donors (Lipinski definition) is 2. The lowest BCUT2D eigenvalue weighted by Gasteiger charge is -2.27. The van der Waals surface area contributed by atoms with Gasteiger partial charge in [-0.3, -0.25) is 10.1 Å². The molecule has 1 aromatic heterocycles. The molecule has 1 saturated heterocycles. The Kier molecular flexibility index (Phi) is 7.30. The van der Waals surface area contributed by atoms with Crippen molar-refractivity contribution in [3.05, 3.63) is 67.9 Å². The SMILES string of the molecule is O=[N+]([O-])c1cc(/C=N/Nc2nc(Nc3ccc(F)cc3)nc(N3CCOCC3)n2)c(Cl)cc1Cl. The average Bonchev–Trinajstić information content (AvgIpc) is 2.82. The standard InChI is InChI=1S/C20H17Cl2FN8O3/c21-15-10-16(22)17(31(32)33)9-12(15)11-24-29-19-26-18(25-14-3-1-13(23)2-4-14)27-20(28-19)30-5-7-34-8-6-30/h1-4,9-11H,5-8H2,(H2,25,26,27,28,29)/b24-11+. The molecule has 34 heavy (non-hydrogen) atoms. The normalized spacial score (nSPS) is 13.8. The highest BCUT2D eigenvalue weighted by molar-refractivity contribution is 6.37. The van der Waals surface area contributed by atoms with Gasteiger partial charge >= 0.3 is 0 Å². The topological polar surface area (TPSA) is 131 Å². The number of nitro groups is 1. The number of rotatable bonds is 7. The maximum atomic E-state index is 13.2. The van der Waals surface area contributed by atoms with Gasteiger partial charge < -0.3 is 15.0 Å². The van der Waals surface area contributed by atoms with Crippen LogP contribution in [0.4, 0.5) is 33.6 Å². The Morgan fingerprint density at radius 2 is 1.79 bits per heavy atom. The predicted molar refractivity (Wildman–Crippen MR) is 127 cm³/mol. The van der Waals surface area contributed by atoms with Crippen LogP contribution in [0.25, 0.3) is 0 Å². The molecule has 11 nitrogen and oxygen atoms in total. The van der Waals surface area contributed by atoms with Gasteiger partial charge in [-0.15, -0.1) is 0 Å². The van der Waals surface area contributed by atoms with E-state index in [9.17, 15) is 14.5 Å². The first kappa shape index (κ1) is 23.5. The van der Waals surface area contributed by atoms with E-state index in [4.69, 9.17) is 27.9 Å². The number of anilines is 4. The number of ether oxygens (including phenoxy) is 1. The molecular formula is C20H17Cl2FN8O3. The van der Waals surface area contributed by atoms with E-state index in [1.807, 2.05) is 4.90 Å². The zero-order chi connectivity index (χ0) is 24.1. The number of nitrogens with zero attached hydrogens (tertiary/aromatic N) is 6. The fraction of sp³-hybridized carbons (Fsp3) is 0.200. The molecule has 0 amide bonds. The van der Waals surface area contributed by atoms with Crippen LogP contribution in [0.2, 0.25) is 10.0 Å². The van der Waals surface area contributed by atoms with Gasteiger partial charge in [0.25, 0.3) is 5.69 Å². The van der Waals surface area contributed by atoms with Crippen LogP contribution in [0.5, 0.6) is 0 Å². The van der Waals surface area contributed by atoms with Gasteiger partial charge in [0.15, 0.2) is 0 Å². The van der Waals surface area contributed by atoms with E-state index in [0.29, 0.717) is 37.9 Å². The Labute approximate surface area is 202 Å². The number of nitro benzene ring substituents is 1. The van der Waals surface area contributed by atoms with Crippen LogP contribution in [0.1, 0.15) is 5.56 Å². The van der Waals surface area contributed by atoms with Gasteiger partial charge in [0.1, 0.15) is 10.8 Å². The number of halogens is 3. The van der Waals surface area contributed by atoms with Crippen LogP contribution in [-0.2, 0) is 4.74 Å². The fourth-order valence-electron chi connectivity index (χ4n) is 2.99. The predicted octanol–water partition coefficient (Wildman–Crippen LogP) is 4.25. The van der Waals surface area contributed by atoms with Crippen molar-refractivity contribution in [1.29, 1.82) is 0 Å². The minimum Gasteiger partial charge on any atom is -0.378 e. The summed E-state index contributed by atoms with van der Waals surface area (Å²) in [5, 5.41) is 18.3. The van der Waals surface area contributed by atoms with E-state index < -0.39 is 4.92 Å². The summed E-state index contributed by atoms with van der Waals surface area (Å²) in [5.41, 5.74) is 3.24. The molecule has 2 heterocycles. The van der Waals surface area contributed by atoms with Crippen LogP contribution in [0.3, 0.4) is 0 Å². The summed E-state index contributed by atoms with van der Waals surface area (Å²) < 4.78 is 18.6. The molecule has 0 bridgehead atoms. The van der Waals surface area contributed by atoms with Crippen LogP contribution >= 0.6 is 23.2 Å². The molecule has 2 aromatic carbocycles.